The highest BCUT2D eigenvalue weighted by molar-refractivity contribution is 6.46. The minimum atomic E-state index is -1.08. The van der Waals surface area contributed by atoms with Crippen molar-refractivity contribution in [2.24, 2.45) is 0 Å². The summed E-state index contributed by atoms with van der Waals surface area (Å²) < 4.78 is 37.7. The Morgan fingerprint density at radius 1 is 0.812 bits per heavy atom. The molecule has 1 N–H and O–H groups in total. The first-order valence-electron chi connectivity index (χ1n) is 9.57. The summed E-state index contributed by atoms with van der Waals surface area (Å²) >= 11 is 0. The molecule has 0 spiro atoms. The van der Waals surface area contributed by atoms with E-state index in [9.17, 15) is 18.4 Å². The number of carbonyl (C=O) groups is 2. The summed E-state index contributed by atoms with van der Waals surface area (Å²) in [4.78, 5) is 27.9. The Labute approximate surface area is 182 Å². The zero-order chi connectivity index (χ0) is 22.8. The number of carbonyl (C=O) groups excluding carboxylic acids is 2. The third-order valence-electron chi connectivity index (χ3n) is 4.96. The molecule has 1 aliphatic heterocycles. The summed E-state index contributed by atoms with van der Waals surface area (Å²) in [5, 5.41) is 2.79. The van der Waals surface area contributed by atoms with Crippen LogP contribution in [-0.2, 0) is 9.59 Å². The Kier molecular flexibility index (Phi) is 5.59. The fourth-order valence-electron chi connectivity index (χ4n) is 3.43. The van der Waals surface area contributed by atoms with E-state index in [1.54, 1.807) is 42.5 Å². The molecule has 3 aromatic carbocycles. The maximum absolute atomic E-state index is 13.7. The second kappa shape index (κ2) is 8.50. The van der Waals surface area contributed by atoms with Crippen molar-refractivity contribution in [2.45, 2.75) is 0 Å². The number of amides is 2. The lowest BCUT2D eigenvalue weighted by Gasteiger charge is -2.19. The highest BCUT2D eigenvalue weighted by Gasteiger charge is 2.41. The van der Waals surface area contributed by atoms with Crippen LogP contribution in [0.1, 0.15) is 5.56 Å². The Morgan fingerprint density at radius 3 is 2.22 bits per heavy atom. The number of rotatable bonds is 6. The van der Waals surface area contributed by atoms with Gasteiger partial charge in [0.15, 0.2) is 11.6 Å². The average Bonchev–Trinajstić information content (AvgIpc) is 3.05. The van der Waals surface area contributed by atoms with E-state index in [-0.39, 0.29) is 28.4 Å². The van der Waals surface area contributed by atoms with Crippen molar-refractivity contribution in [2.75, 3.05) is 24.4 Å². The zero-order valence-electron chi connectivity index (χ0n) is 17.2. The van der Waals surface area contributed by atoms with Crippen molar-refractivity contribution in [3.8, 4) is 11.5 Å². The molecule has 162 valence electrons. The minimum absolute atomic E-state index is 0.0721. The van der Waals surface area contributed by atoms with Gasteiger partial charge >= 0.3 is 0 Å². The van der Waals surface area contributed by atoms with E-state index in [0.717, 1.165) is 17.0 Å². The maximum atomic E-state index is 13.7. The van der Waals surface area contributed by atoms with Crippen LogP contribution in [0.5, 0.6) is 11.5 Å². The van der Waals surface area contributed by atoms with Gasteiger partial charge in [-0.05, 0) is 29.8 Å². The summed E-state index contributed by atoms with van der Waals surface area (Å²) in [6.07, 6.45) is 0. The molecule has 2 amide bonds. The molecule has 0 aliphatic carbocycles. The van der Waals surface area contributed by atoms with Crippen molar-refractivity contribution in [1.82, 2.24) is 0 Å². The molecule has 0 radical (unpaired) electrons. The van der Waals surface area contributed by atoms with Gasteiger partial charge in [-0.3, -0.25) is 9.59 Å². The molecule has 6 nitrogen and oxygen atoms in total. The fraction of sp³-hybridized carbons (Fsp3) is 0.0833. The van der Waals surface area contributed by atoms with E-state index < -0.39 is 23.4 Å². The number of methoxy groups -OCH3 is 2. The monoisotopic (exact) mass is 436 g/mol. The third kappa shape index (κ3) is 3.66. The zero-order valence-corrected chi connectivity index (χ0v) is 17.2. The summed E-state index contributed by atoms with van der Waals surface area (Å²) in [7, 11) is 2.88. The molecule has 1 aliphatic rings. The van der Waals surface area contributed by atoms with Gasteiger partial charge in [-0.25, -0.2) is 13.7 Å². The van der Waals surface area contributed by atoms with Crippen LogP contribution in [0, 0.1) is 11.6 Å². The number of ether oxygens (including phenoxy) is 2. The van der Waals surface area contributed by atoms with Gasteiger partial charge in [-0.1, -0.05) is 30.3 Å². The average molecular weight is 436 g/mol. The first kappa shape index (κ1) is 21.0. The first-order valence-corrected chi connectivity index (χ1v) is 9.57. The number of nitrogens with one attached hydrogen (secondary N) is 1. The first-order chi connectivity index (χ1) is 15.4. The van der Waals surface area contributed by atoms with Crippen LogP contribution in [0.2, 0.25) is 0 Å². The van der Waals surface area contributed by atoms with Gasteiger partial charge in [0.05, 0.1) is 25.5 Å². The largest absolute Gasteiger partial charge is 0.497 e. The van der Waals surface area contributed by atoms with E-state index in [0.29, 0.717) is 11.3 Å². The lowest BCUT2D eigenvalue weighted by atomic mass is 10.0. The second-order valence-corrected chi connectivity index (χ2v) is 6.85. The summed E-state index contributed by atoms with van der Waals surface area (Å²) in [6, 6.07) is 16.4. The molecule has 8 heteroatoms. The van der Waals surface area contributed by atoms with E-state index in [2.05, 4.69) is 5.32 Å². The Balaban J connectivity index is 1.85. The van der Waals surface area contributed by atoms with E-state index in [1.165, 1.54) is 26.4 Å². The Hall–Kier alpha value is -4.20. The van der Waals surface area contributed by atoms with Crippen LogP contribution < -0.4 is 19.7 Å². The van der Waals surface area contributed by atoms with Gasteiger partial charge in [-0.15, -0.1) is 0 Å². The molecular weight excluding hydrogens is 418 g/mol. The minimum Gasteiger partial charge on any atom is -0.497 e. The molecule has 0 saturated carbocycles. The predicted molar refractivity (Wildman–Crippen MR) is 115 cm³/mol. The van der Waals surface area contributed by atoms with E-state index in [1.807, 2.05) is 0 Å². The summed E-state index contributed by atoms with van der Waals surface area (Å²) in [5.41, 5.74) is 0.813. The molecule has 0 bridgehead atoms. The van der Waals surface area contributed by atoms with Crippen LogP contribution in [0.25, 0.3) is 5.57 Å². The summed E-state index contributed by atoms with van der Waals surface area (Å²) in [5.74, 6) is -2.68. The number of halogens is 2. The Morgan fingerprint density at radius 2 is 1.56 bits per heavy atom. The van der Waals surface area contributed by atoms with Crippen molar-refractivity contribution in [1.29, 1.82) is 0 Å². The molecule has 0 saturated heterocycles. The molecule has 3 aromatic rings. The van der Waals surface area contributed by atoms with Gasteiger partial charge in [0.1, 0.15) is 17.2 Å². The maximum Gasteiger partial charge on any atom is 0.282 e. The highest BCUT2D eigenvalue weighted by atomic mass is 19.2. The number of imide groups is 1. The van der Waals surface area contributed by atoms with E-state index >= 15 is 0 Å². The normalized spacial score (nSPS) is 13.6. The number of nitrogens with zero attached hydrogens (tertiary/aromatic N) is 1. The quantitative estimate of drug-likeness (QED) is 0.581. The van der Waals surface area contributed by atoms with Crippen LogP contribution >= 0.6 is 0 Å². The fourth-order valence-corrected chi connectivity index (χ4v) is 3.43. The van der Waals surface area contributed by atoms with Gasteiger partial charge in [0, 0.05) is 17.8 Å². The molecule has 0 aromatic heterocycles. The predicted octanol–water partition coefficient (Wildman–Crippen LogP) is 4.38. The standard InChI is InChI=1S/C24H18F2N2O4/c1-31-16-9-11-20(32-2)19(13-16)28-23(29)21(14-6-4-3-5-7-14)22(24(28)30)27-15-8-10-17(25)18(26)12-15/h3-13,27H,1-2H3. The molecule has 0 unspecified atom stereocenters. The van der Waals surface area contributed by atoms with Crippen molar-refractivity contribution in [3.05, 3.63) is 89.6 Å². The Bertz CT molecular complexity index is 1240. The van der Waals surface area contributed by atoms with Crippen molar-refractivity contribution < 1.29 is 27.8 Å². The highest BCUT2D eigenvalue weighted by Crippen LogP contribution is 2.39. The molecule has 1 heterocycles. The van der Waals surface area contributed by atoms with Crippen LogP contribution in [0.3, 0.4) is 0 Å². The second-order valence-electron chi connectivity index (χ2n) is 6.85. The third-order valence-corrected chi connectivity index (χ3v) is 4.96. The lowest BCUT2D eigenvalue weighted by molar-refractivity contribution is -0.120. The molecule has 32 heavy (non-hydrogen) atoms. The summed E-state index contributed by atoms with van der Waals surface area (Å²) in [6.45, 7) is 0. The van der Waals surface area contributed by atoms with Gasteiger partial charge in [0.2, 0.25) is 0 Å². The van der Waals surface area contributed by atoms with Gasteiger partial charge in [-0.2, -0.15) is 0 Å². The number of hydrogen-bond acceptors (Lipinski definition) is 5. The molecule has 0 atom stereocenters. The topological polar surface area (TPSA) is 67.9 Å². The van der Waals surface area contributed by atoms with Gasteiger partial charge in [0.25, 0.3) is 11.8 Å². The number of anilines is 2. The van der Waals surface area contributed by atoms with Crippen molar-refractivity contribution in [3.63, 3.8) is 0 Å². The molecule has 0 fully saturated rings. The van der Waals surface area contributed by atoms with Gasteiger partial charge < -0.3 is 14.8 Å². The van der Waals surface area contributed by atoms with Crippen molar-refractivity contribution >= 4 is 28.8 Å². The molecular formula is C24H18F2N2O4. The molecule has 4 rings (SSSR count). The number of benzene rings is 3. The lowest BCUT2D eigenvalue weighted by Crippen LogP contribution is -2.32. The van der Waals surface area contributed by atoms with Crippen LogP contribution in [0.15, 0.2) is 72.4 Å². The van der Waals surface area contributed by atoms with Crippen LogP contribution in [-0.4, -0.2) is 26.0 Å². The number of hydrogen-bond donors (Lipinski definition) is 1. The SMILES string of the molecule is COc1ccc(OC)c(N2C(=O)C(Nc3ccc(F)c(F)c3)=C(c3ccccc3)C2=O)c1. The van der Waals surface area contributed by atoms with Crippen LogP contribution in [0.4, 0.5) is 20.2 Å². The smallest absolute Gasteiger partial charge is 0.282 e. The van der Waals surface area contributed by atoms with E-state index in [4.69, 9.17) is 9.47 Å².